The third-order valence-corrected chi connectivity index (χ3v) is 11.5. The maximum atomic E-state index is 5.34. The highest BCUT2D eigenvalue weighted by molar-refractivity contribution is 6.22. The fourth-order valence-electron chi connectivity index (χ4n) is 8.74. The SMILES string of the molecule is CC1C=Cc2c(n(-c3ccccc3)c3c2ccc2c3c3ccccc3n2-c2ccc(C3N=C(c4ccccc4)NC(C)(c4ccccc4)N3C)cc2)C1. The van der Waals surface area contributed by atoms with Gasteiger partial charge in [-0.15, -0.1) is 0 Å². The van der Waals surface area contributed by atoms with Crippen LogP contribution in [0.25, 0.3) is 50.2 Å². The largest absolute Gasteiger partial charge is 0.348 e. The van der Waals surface area contributed by atoms with Crippen molar-refractivity contribution in [3.63, 3.8) is 0 Å². The van der Waals surface area contributed by atoms with E-state index in [1.165, 1.54) is 55.2 Å². The highest BCUT2D eigenvalue weighted by atomic mass is 15.4. The van der Waals surface area contributed by atoms with E-state index in [0.29, 0.717) is 5.92 Å². The van der Waals surface area contributed by atoms with Gasteiger partial charge in [-0.3, -0.25) is 4.90 Å². The molecule has 3 atom stereocenters. The lowest BCUT2D eigenvalue weighted by atomic mass is 9.94. The Morgan fingerprint density at radius 3 is 2.08 bits per heavy atom. The predicted molar refractivity (Wildman–Crippen MR) is 220 cm³/mol. The second-order valence-corrected chi connectivity index (χ2v) is 14.8. The van der Waals surface area contributed by atoms with Gasteiger partial charge in [-0.1, -0.05) is 134 Å². The van der Waals surface area contributed by atoms with Gasteiger partial charge in [-0.25, -0.2) is 4.99 Å². The Bertz CT molecular complexity index is 2700. The molecule has 0 bridgehead atoms. The minimum Gasteiger partial charge on any atom is -0.348 e. The summed E-state index contributed by atoms with van der Waals surface area (Å²) in [6, 6.07) is 54.6. The Morgan fingerprint density at radius 2 is 1.32 bits per heavy atom. The first-order chi connectivity index (χ1) is 26.0. The molecule has 0 fully saturated rings. The maximum Gasteiger partial charge on any atom is 0.132 e. The van der Waals surface area contributed by atoms with E-state index in [2.05, 4.69) is 204 Å². The molecule has 0 amide bonds. The summed E-state index contributed by atoms with van der Waals surface area (Å²) < 4.78 is 4.97. The first-order valence-electron chi connectivity index (χ1n) is 18.6. The number of para-hydroxylation sites is 2. The van der Waals surface area contributed by atoms with Gasteiger partial charge >= 0.3 is 0 Å². The average molecular weight is 688 g/mol. The number of amidine groups is 1. The number of aromatic nitrogens is 2. The van der Waals surface area contributed by atoms with Gasteiger partial charge in [0.1, 0.15) is 17.7 Å². The Morgan fingerprint density at radius 1 is 0.660 bits per heavy atom. The lowest BCUT2D eigenvalue weighted by Crippen LogP contribution is -2.58. The molecule has 258 valence electrons. The van der Waals surface area contributed by atoms with Crippen molar-refractivity contribution in [3.05, 3.63) is 186 Å². The molecule has 0 spiro atoms. The minimum atomic E-state index is -0.477. The Hall–Kier alpha value is -6.17. The highest BCUT2D eigenvalue weighted by Crippen LogP contribution is 2.44. The fraction of sp³-hybridized carbons (Fsp3) is 0.146. The first-order valence-corrected chi connectivity index (χ1v) is 18.6. The quantitative estimate of drug-likeness (QED) is 0.196. The highest BCUT2D eigenvalue weighted by Gasteiger charge is 2.41. The summed E-state index contributed by atoms with van der Waals surface area (Å²) in [7, 11) is 2.17. The molecular formula is C48H41N5. The van der Waals surface area contributed by atoms with Crippen molar-refractivity contribution < 1.29 is 0 Å². The molecule has 8 aromatic rings. The van der Waals surface area contributed by atoms with Crippen LogP contribution in [-0.4, -0.2) is 26.9 Å². The third kappa shape index (κ3) is 4.92. The summed E-state index contributed by atoms with van der Waals surface area (Å²) in [4.78, 5) is 7.69. The van der Waals surface area contributed by atoms with Gasteiger partial charge in [0.05, 0.1) is 16.6 Å². The molecule has 1 N–H and O–H groups in total. The molecule has 5 heteroatoms. The molecule has 1 aliphatic carbocycles. The summed E-state index contributed by atoms with van der Waals surface area (Å²) >= 11 is 0. The van der Waals surface area contributed by atoms with E-state index in [4.69, 9.17) is 4.99 Å². The van der Waals surface area contributed by atoms with Crippen molar-refractivity contribution in [1.82, 2.24) is 19.4 Å². The molecule has 0 saturated carbocycles. The summed E-state index contributed by atoms with van der Waals surface area (Å²) in [6.45, 7) is 4.56. The van der Waals surface area contributed by atoms with Crippen molar-refractivity contribution in [1.29, 1.82) is 0 Å². The van der Waals surface area contributed by atoms with Crippen molar-refractivity contribution in [2.75, 3.05) is 7.05 Å². The van der Waals surface area contributed by atoms with Gasteiger partial charge in [-0.2, -0.15) is 0 Å². The maximum absolute atomic E-state index is 5.34. The van der Waals surface area contributed by atoms with E-state index < -0.39 is 5.66 Å². The van der Waals surface area contributed by atoms with Gasteiger partial charge in [0, 0.05) is 44.4 Å². The molecular weight excluding hydrogens is 647 g/mol. The minimum absolute atomic E-state index is 0.195. The number of allylic oxidation sites excluding steroid dienone is 1. The second-order valence-electron chi connectivity index (χ2n) is 14.8. The van der Waals surface area contributed by atoms with Gasteiger partial charge in [0.2, 0.25) is 0 Å². The molecule has 5 nitrogen and oxygen atoms in total. The topological polar surface area (TPSA) is 37.5 Å². The first kappa shape index (κ1) is 31.6. The van der Waals surface area contributed by atoms with Crippen LogP contribution in [0, 0.1) is 5.92 Å². The van der Waals surface area contributed by atoms with E-state index >= 15 is 0 Å². The molecule has 2 aromatic heterocycles. The van der Waals surface area contributed by atoms with Gasteiger partial charge in [-0.05, 0) is 73.8 Å². The lowest BCUT2D eigenvalue weighted by molar-refractivity contribution is 0.0603. The second kappa shape index (κ2) is 12.2. The smallest absolute Gasteiger partial charge is 0.132 e. The van der Waals surface area contributed by atoms with Crippen LogP contribution in [0.2, 0.25) is 0 Å². The predicted octanol–water partition coefficient (Wildman–Crippen LogP) is 10.8. The zero-order valence-electron chi connectivity index (χ0n) is 30.2. The van der Waals surface area contributed by atoms with Crippen molar-refractivity contribution >= 4 is 44.6 Å². The average Bonchev–Trinajstić information content (AvgIpc) is 3.72. The van der Waals surface area contributed by atoms with Crippen molar-refractivity contribution in [3.8, 4) is 11.4 Å². The third-order valence-electron chi connectivity index (χ3n) is 11.5. The number of hydrogen-bond acceptors (Lipinski definition) is 3. The van der Waals surface area contributed by atoms with E-state index in [9.17, 15) is 0 Å². The van der Waals surface area contributed by atoms with Gasteiger partial charge in [0.15, 0.2) is 0 Å². The number of aliphatic imine (C=N–C) groups is 1. The monoisotopic (exact) mass is 687 g/mol. The number of benzene rings is 6. The van der Waals surface area contributed by atoms with Crippen LogP contribution < -0.4 is 5.32 Å². The fourth-order valence-corrected chi connectivity index (χ4v) is 8.74. The van der Waals surface area contributed by atoms with Crippen LogP contribution in [0.4, 0.5) is 0 Å². The van der Waals surface area contributed by atoms with E-state index in [-0.39, 0.29) is 6.17 Å². The van der Waals surface area contributed by atoms with Crippen molar-refractivity contribution in [2.45, 2.75) is 32.1 Å². The molecule has 53 heavy (non-hydrogen) atoms. The van der Waals surface area contributed by atoms with Crippen LogP contribution in [0.1, 0.15) is 48.0 Å². The molecule has 2 aliphatic rings. The summed E-state index contributed by atoms with van der Waals surface area (Å²) in [5.41, 5.74) is 11.7. The number of rotatable bonds is 5. The molecule has 10 rings (SSSR count). The Kier molecular flexibility index (Phi) is 7.27. The molecule has 6 aromatic carbocycles. The zero-order chi connectivity index (χ0) is 35.7. The number of nitrogens with zero attached hydrogens (tertiary/aromatic N) is 4. The van der Waals surface area contributed by atoms with E-state index in [1.807, 2.05) is 0 Å². The van der Waals surface area contributed by atoms with Crippen LogP contribution in [0.3, 0.4) is 0 Å². The normalized spacial score (nSPS) is 20.1. The molecule has 0 saturated heterocycles. The number of nitrogens with one attached hydrogen (secondary N) is 1. The van der Waals surface area contributed by atoms with Gasteiger partial charge < -0.3 is 14.5 Å². The van der Waals surface area contributed by atoms with Crippen LogP contribution in [0.5, 0.6) is 0 Å². The van der Waals surface area contributed by atoms with Crippen LogP contribution >= 0.6 is 0 Å². The summed E-state index contributed by atoms with van der Waals surface area (Å²) in [6.07, 6.45) is 5.53. The molecule has 3 unspecified atom stereocenters. The van der Waals surface area contributed by atoms with Crippen LogP contribution in [0.15, 0.2) is 163 Å². The summed E-state index contributed by atoms with van der Waals surface area (Å²) in [5.74, 6) is 1.38. The summed E-state index contributed by atoms with van der Waals surface area (Å²) in [5, 5.41) is 7.66. The van der Waals surface area contributed by atoms with E-state index in [0.717, 1.165) is 29.1 Å². The molecule has 3 heterocycles. The van der Waals surface area contributed by atoms with Crippen LogP contribution in [-0.2, 0) is 12.1 Å². The lowest BCUT2D eigenvalue weighted by Gasteiger charge is -2.47. The number of fused-ring (bicyclic) bond motifs is 7. The van der Waals surface area contributed by atoms with E-state index in [1.54, 1.807) is 0 Å². The number of hydrogen-bond donors (Lipinski definition) is 1. The standard InChI is InChI=1S/C48H41N5/c1-32-23-28-38-39-29-30-42-44(45(39)53(43(38)31-32)36-19-11-6-12-20-36)40-21-13-14-22-41(40)52(42)37-26-24-34(25-27-37)47-49-46(33-15-7-4-8-16-33)50-48(2,51(47)3)35-17-9-5-10-18-35/h4-30,32,47H,31H2,1-3H3,(H,49,50). The Balaban J connectivity index is 1.15. The zero-order valence-corrected chi connectivity index (χ0v) is 30.2. The molecule has 0 radical (unpaired) electrons. The van der Waals surface area contributed by atoms with Crippen molar-refractivity contribution in [2.24, 2.45) is 10.9 Å². The van der Waals surface area contributed by atoms with Gasteiger partial charge in [0.25, 0.3) is 0 Å². The Labute approximate surface area is 310 Å². The molecule has 1 aliphatic heterocycles.